The van der Waals surface area contributed by atoms with Crippen molar-refractivity contribution in [2.75, 3.05) is 11.9 Å². The van der Waals surface area contributed by atoms with Gasteiger partial charge < -0.3 is 5.32 Å². The van der Waals surface area contributed by atoms with Gasteiger partial charge in [-0.2, -0.15) is 13.2 Å². The van der Waals surface area contributed by atoms with Gasteiger partial charge in [-0.1, -0.05) is 65.4 Å². The Morgan fingerprint density at radius 2 is 1.88 bits per heavy atom. The van der Waals surface area contributed by atoms with Crippen LogP contribution in [0.4, 0.5) is 18.9 Å². The molecule has 2 aromatic carbocycles. The molecule has 0 aliphatic carbocycles. The van der Waals surface area contributed by atoms with Gasteiger partial charge in [-0.25, -0.2) is 0 Å². The van der Waals surface area contributed by atoms with Crippen molar-refractivity contribution < 1.29 is 22.8 Å². The maximum Gasteiger partial charge on any atom is 0.417 e. The van der Waals surface area contributed by atoms with E-state index in [0.717, 1.165) is 23.9 Å². The fourth-order valence-corrected chi connectivity index (χ4v) is 4.58. The summed E-state index contributed by atoms with van der Waals surface area (Å²) in [4.78, 5) is 26.6. The van der Waals surface area contributed by atoms with E-state index in [1.165, 1.54) is 11.0 Å². The van der Waals surface area contributed by atoms with Crippen molar-refractivity contribution in [3.05, 3.63) is 68.5 Å². The summed E-state index contributed by atoms with van der Waals surface area (Å²) < 4.78 is 39.2. The van der Waals surface area contributed by atoms with Crippen LogP contribution in [-0.2, 0) is 15.8 Å². The highest BCUT2D eigenvalue weighted by atomic mass is 35.5. The molecule has 4 nitrogen and oxygen atoms in total. The second-order valence-electron chi connectivity index (χ2n) is 6.70. The number of thiocarbonyl (C=S) groups is 1. The summed E-state index contributed by atoms with van der Waals surface area (Å²) in [6.07, 6.45) is -2.70. The van der Waals surface area contributed by atoms with Crippen molar-refractivity contribution in [2.45, 2.75) is 19.0 Å². The molecule has 0 bridgehead atoms. The molecule has 168 valence electrons. The number of anilines is 1. The molecule has 1 saturated heterocycles. The maximum absolute atomic E-state index is 12.9. The van der Waals surface area contributed by atoms with E-state index < -0.39 is 22.7 Å². The zero-order valence-corrected chi connectivity index (χ0v) is 19.4. The van der Waals surface area contributed by atoms with Crippen LogP contribution in [0.25, 0.3) is 6.08 Å². The van der Waals surface area contributed by atoms with E-state index >= 15 is 0 Å². The summed E-state index contributed by atoms with van der Waals surface area (Å²) >= 11 is 18.1. The number of thioether (sulfide) groups is 1. The van der Waals surface area contributed by atoms with Gasteiger partial charge in [0.1, 0.15) is 4.32 Å². The largest absolute Gasteiger partial charge is 0.417 e. The molecule has 2 amide bonds. The van der Waals surface area contributed by atoms with Crippen molar-refractivity contribution in [3.8, 4) is 0 Å². The molecule has 1 aliphatic heterocycles. The molecule has 0 saturated carbocycles. The Balaban J connectivity index is 1.56. The number of carbonyl (C=O) groups is 2. The van der Waals surface area contributed by atoms with Gasteiger partial charge in [0.2, 0.25) is 5.91 Å². The average Bonchev–Trinajstić information content (AvgIpc) is 2.97. The molecule has 11 heteroatoms. The van der Waals surface area contributed by atoms with Crippen molar-refractivity contribution in [1.82, 2.24) is 4.90 Å². The molecule has 1 N–H and O–H groups in total. The number of hydrogen-bond donors (Lipinski definition) is 1. The third-order valence-corrected chi connectivity index (χ3v) is 6.46. The topological polar surface area (TPSA) is 49.4 Å². The van der Waals surface area contributed by atoms with Crippen LogP contribution < -0.4 is 5.32 Å². The maximum atomic E-state index is 12.9. The number of nitrogens with one attached hydrogen (secondary N) is 1. The first-order valence-electron chi connectivity index (χ1n) is 9.23. The molecule has 1 heterocycles. The van der Waals surface area contributed by atoms with Gasteiger partial charge in [0.25, 0.3) is 5.91 Å². The average molecular weight is 519 g/mol. The van der Waals surface area contributed by atoms with E-state index in [1.54, 1.807) is 30.3 Å². The van der Waals surface area contributed by atoms with E-state index in [4.69, 9.17) is 35.4 Å². The smallest absolute Gasteiger partial charge is 0.326 e. The fourth-order valence-electron chi connectivity index (χ4n) is 2.87. The highest BCUT2D eigenvalue weighted by Crippen LogP contribution is 2.36. The Labute approximate surface area is 201 Å². The molecule has 0 radical (unpaired) electrons. The Hall–Kier alpha value is -2.07. The standard InChI is InChI=1S/C21H15Cl2F3N2O2S2/c22-15-5-2-1-4-12(15)10-17-19(30)28(20(31)32-17)9-3-6-18(29)27-13-7-8-16(23)14(11-13)21(24,25)26/h1-2,4-5,7-8,10-11H,3,6,9H2,(H,27,29)/b17-10-. The fraction of sp³-hybridized carbons (Fsp3) is 0.190. The molecule has 0 unspecified atom stereocenters. The van der Waals surface area contributed by atoms with Crippen LogP contribution in [0, 0.1) is 0 Å². The van der Waals surface area contributed by atoms with E-state index in [2.05, 4.69) is 5.32 Å². The van der Waals surface area contributed by atoms with Crippen LogP contribution in [0.3, 0.4) is 0 Å². The van der Waals surface area contributed by atoms with Crippen LogP contribution in [0.5, 0.6) is 0 Å². The molecule has 3 rings (SSSR count). The van der Waals surface area contributed by atoms with Crippen LogP contribution >= 0.6 is 47.2 Å². The van der Waals surface area contributed by atoms with Crippen molar-refractivity contribution in [1.29, 1.82) is 0 Å². The monoisotopic (exact) mass is 518 g/mol. The summed E-state index contributed by atoms with van der Waals surface area (Å²) in [5.74, 6) is -0.773. The van der Waals surface area contributed by atoms with E-state index in [0.29, 0.717) is 19.8 Å². The SMILES string of the molecule is O=C(CCCN1C(=O)/C(=C/c2ccccc2Cl)SC1=S)Nc1ccc(Cl)c(C(F)(F)F)c1. The molecule has 2 aromatic rings. The van der Waals surface area contributed by atoms with Crippen LogP contribution in [0.1, 0.15) is 24.0 Å². The predicted octanol–water partition coefficient (Wildman–Crippen LogP) is 6.63. The minimum Gasteiger partial charge on any atom is -0.326 e. The summed E-state index contributed by atoms with van der Waals surface area (Å²) in [5, 5.41) is 2.47. The highest BCUT2D eigenvalue weighted by molar-refractivity contribution is 8.26. The first-order valence-corrected chi connectivity index (χ1v) is 11.2. The molecule has 1 aliphatic rings. The summed E-state index contributed by atoms with van der Waals surface area (Å²) in [7, 11) is 0. The van der Waals surface area contributed by atoms with Gasteiger partial charge >= 0.3 is 6.18 Å². The van der Waals surface area contributed by atoms with E-state index in [9.17, 15) is 22.8 Å². The minimum absolute atomic E-state index is 0.00933. The number of halogens is 5. The molecular formula is C21H15Cl2F3N2O2S2. The van der Waals surface area contributed by atoms with Crippen molar-refractivity contribution >= 4 is 75.1 Å². The number of alkyl halides is 3. The van der Waals surface area contributed by atoms with Crippen molar-refractivity contribution in [2.24, 2.45) is 0 Å². The zero-order chi connectivity index (χ0) is 23.5. The number of benzene rings is 2. The van der Waals surface area contributed by atoms with Gasteiger partial charge in [0.05, 0.1) is 15.5 Å². The lowest BCUT2D eigenvalue weighted by Gasteiger charge is -2.14. The quantitative estimate of drug-likeness (QED) is 0.344. The third kappa shape index (κ3) is 6.04. The number of rotatable bonds is 6. The van der Waals surface area contributed by atoms with Crippen LogP contribution in [0.2, 0.25) is 10.0 Å². The second-order valence-corrected chi connectivity index (χ2v) is 9.19. The third-order valence-electron chi connectivity index (χ3n) is 4.41. The minimum atomic E-state index is -4.63. The van der Waals surface area contributed by atoms with Gasteiger partial charge in [0, 0.05) is 23.7 Å². The second kappa shape index (κ2) is 10.2. The van der Waals surface area contributed by atoms with Gasteiger partial charge in [-0.05, 0) is 42.3 Å². The number of hydrogen-bond acceptors (Lipinski definition) is 4. The van der Waals surface area contributed by atoms with E-state index in [-0.39, 0.29) is 31.0 Å². The predicted molar refractivity (Wildman–Crippen MR) is 126 cm³/mol. The number of carbonyl (C=O) groups excluding carboxylic acids is 2. The van der Waals surface area contributed by atoms with Gasteiger partial charge in [0.15, 0.2) is 0 Å². The lowest BCUT2D eigenvalue weighted by atomic mass is 10.2. The van der Waals surface area contributed by atoms with E-state index in [1.807, 2.05) is 0 Å². The normalized spacial score (nSPS) is 15.5. The Bertz CT molecular complexity index is 1110. The Morgan fingerprint density at radius 3 is 2.56 bits per heavy atom. The zero-order valence-electron chi connectivity index (χ0n) is 16.2. The molecule has 0 atom stereocenters. The van der Waals surface area contributed by atoms with Gasteiger partial charge in [-0.3, -0.25) is 14.5 Å². The van der Waals surface area contributed by atoms with Crippen LogP contribution in [-0.4, -0.2) is 27.6 Å². The molecule has 1 fully saturated rings. The molecule has 0 aromatic heterocycles. The first kappa shape index (κ1) is 24.6. The molecular weight excluding hydrogens is 504 g/mol. The Kier molecular flexibility index (Phi) is 7.87. The van der Waals surface area contributed by atoms with Crippen molar-refractivity contribution in [3.63, 3.8) is 0 Å². The summed E-state index contributed by atoms with van der Waals surface area (Å²) in [5.41, 5.74) is -0.352. The lowest BCUT2D eigenvalue weighted by molar-refractivity contribution is -0.137. The lowest BCUT2D eigenvalue weighted by Crippen LogP contribution is -2.29. The number of nitrogens with zero attached hydrogens (tertiary/aromatic N) is 1. The highest BCUT2D eigenvalue weighted by Gasteiger charge is 2.34. The first-order chi connectivity index (χ1) is 15.1. The summed E-state index contributed by atoms with van der Waals surface area (Å²) in [6, 6.07) is 10.2. The van der Waals surface area contributed by atoms with Crippen LogP contribution in [0.15, 0.2) is 47.4 Å². The number of amides is 2. The summed E-state index contributed by atoms with van der Waals surface area (Å²) in [6.45, 7) is 0.201. The van der Waals surface area contributed by atoms with Gasteiger partial charge in [-0.15, -0.1) is 0 Å². The molecule has 32 heavy (non-hydrogen) atoms. The Morgan fingerprint density at radius 1 is 1.16 bits per heavy atom. The molecule has 0 spiro atoms.